The standard InChI is InChI=1S/C10H4Br2ClNO2S/c11-4-1-2-6(13)5(3-4)8-7(9(15)16)14-10(12)17-8/h1-3H,(H,15,16). The highest BCUT2D eigenvalue weighted by Gasteiger charge is 2.19. The molecule has 1 heterocycles. The number of hydrogen-bond acceptors (Lipinski definition) is 3. The molecule has 2 rings (SSSR count). The molecule has 3 nitrogen and oxygen atoms in total. The summed E-state index contributed by atoms with van der Waals surface area (Å²) in [4.78, 5) is 15.5. The van der Waals surface area contributed by atoms with Crippen LogP contribution in [0.4, 0.5) is 0 Å². The summed E-state index contributed by atoms with van der Waals surface area (Å²) in [6.45, 7) is 0. The molecular formula is C10H4Br2ClNO2S. The Labute approximate surface area is 123 Å². The summed E-state index contributed by atoms with van der Waals surface area (Å²) in [5.41, 5.74) is 0.656. The fourth-order valence-corrected chi connectivity index (χ4v) is 3.40. The predicted molar refractivity (Wildman–Crippen MR) is 74.9 cm³/mol. The molecule has 0 aliphatic carbocycles. The van der Waals surface area contributed by atoms with Gasteiger partial charge >= 0.3 is 5.97 Å². The normalized spacial score (nSPS) is 10.5. The zero-order valence-electron chi connectivity index (χ0n) is 8.08. The third kappa shape index (κ3) is 2.70. The lowest BCUT2D eigenvalue weighted by Crippen LogP contribution is -1.98. The van der Waals surface area contributed by atoms with Crippen molar-refractivity contribution in [1.29, 1.82) is 0 Å². The van der Waals surface area contributed by atoms with Gasteiger partial charge in [-0.3, -0.25) is 0 Å². The first kappa shape index (κ1) is 13.0. The van der Waals surface area contributed by atoms with E-state index in [1.54, 1.807) is 18.2 Å². The van der Waals surface area contributed by atoms with Crippen molar-refractivity contribution in [2.75, 3.05) is 0 Å². The van der Waals surface area contributed by atoms with E-state index >= 15 is 0 Å². The number of nitrogens with zero attached hydrogens (tertiary/aromatic N) is 1. The van der Waals surface area contributed by atoms with Gasteiger partial charge in [0.1, 0.15) is 0 Å². The molecule has 0 aliphatic heterocycles. The lowest BCUT2D eigenvalue weighted by molar-refractivity contribution is 0.0692. The molecule has 0 spiro atoms. The Bertz CT molecular complexity index is 600. The summed E-state index contributed by atoms with van der Waals surface area (Å²) in [7, 11) is 0. The molecule has 1 aromatic carbocycles. The van der Waals surface area contributed by atoms with Crippen molar-refractivity contribution < 1.29 is 9.90 Å². The van der Waals surface area contributed by atoms with Crippen LogP contribution in [0.1, 0.15) is 10.5 Å². The van der Waals surface area contributed by atoms with Gasteiger partial charge in [0.25, 0.3) is 0 Å². The van der Waals surface area contributed by atoms with Crippen LogP contribution >= 0.6 is 54.8 Å². The van der Waals surface area contributed by atoms with E-state index in [1.807, 2.05) is 0 Å². The van der Waals surface area contributed by atoms with Gasteiger partial charge in [0, 0.05) is 15.1 Å². The first-order valence-corrected chi connectivity index (χ1v) is 7.12. The lowest BCUT2D eigenvalue weighted by Gasteiger charge is -2.03. The van der Waals surface area contributed by atoms with Crippen molar-refractivity contribution in [3.63, 3.8) is 0 Å². The van der Waals surface area contributed by atoms with E-state index in [0.29, 0.717) is 19.4 Å². The van der Waals surface area contributed by atoms with Gasteiger partial charge in [-0.05, 0) is 34.1 Å². The fraction of sp³-hybridized carbons (Fsp3) is 0. The second-order valence-electron chi connectivity index (χ2n) is 3.07. The van der Waals surface area contributed by atoms with Crippen molar-refractivity contribution in [3.05, 3.63) is 37.3 Å². The molecule has 0 bridgehead atoms. The van der Waals surface area contributed by atoms with Crippen LogP contribution in [0.25, 0.3) is 10.4 Å². The molecule has 0 radical (unpaired) electrons. The zero-order valence-corrected chi connectivity index (χ0v) is 12.8. The smallest absolute Gasteiger partial charge is 0.356 e. The predicted octanol–water partition coefficient (Wildman–Crippen LogP) is 4.69. The van der Waals surface area contributed by atoms with Crippen LogP contribution in [0.2, 0.25) is 5.02 Å². The summed E-state index contributed by atoms with van der Waals surface area (Å²) in [6.07, 6.45) is 0. The monoisotopic (exact) mass is 395 g/mol. The zero-order chi connectivity index (χ0) is 12.6. The Kier molecular flexibility index (Phi) is 3.87. The van der Waals surface area contributed by atoms with Crippen molar-refractivity contribution in [1.82, 2.24) is 4.98 Å². The summed E-state index contributed by atoms with van der Waals surface area (Å²) in [6, 6.07) is 5.28. The summed E-state index contributed by atoms with van der Waals surface area (Å²) in [5, 5.41) is 9.56. The maximum Gasteiger partial charge on any atom is 0.356 e. The van der Waals surface area contributed by atoms with Crippen molar-refractivity contribution in [2.24, 2.45) is 0 Å². The second kappa shape index (κ2) is 5.06. The Morgan fingerprint density at radius 2 is 2.12 bits per heavy atom. The number of aromatic nitrogens is 1. The van der Waals surface area contributed by atoms with Crippen LogP contribution in [0.15, 0.2) is 26.6 Å². The minimum Gasteiger partial charge on any atom is -0.476 e. The number of carbonyl (C=O) groups is 1. The molecule has 0 unspecified atom stereocenters. The molecule has 0 amide bonds. The molecule has 0 saturated carbocycles. The number of carboxylic acids is 1. The highest BCUT2D eigenvalue weighted by Crippen LogP contribution is 2.38. The summed E-state index contributed by atoms with van der Waals surface area (Å²) < 4.78 is 1.35. The number of benzene rings is 1. The molecule has 1 N–H and O–H groups in total. The van der Waals surface area contributed by atoms with E-state index < -0.39 is 5.97 Å². The maximum atomic E-state index is 11.1. The molecular weight excluding hydrogens is 393 g/mol. The number of thiazole rings is 1. The Balaban J connectivity index is 2.67. The van der Waals surface area contributed by atoms with Gasteiger partial charge in [0.2, 0.25) is 0 Å². The van der Waals surface area contributed by atoms with E-state index in [0.717, 1.165) is 4.47 Å². The molecule has 88 valence electrons. The van der Waals surface area contributed by atoms with Crippen LogP contribution < -0.4 is 0 Å². The number of hydrogen-bond donors (Lipinski definition) is 1. The van der Waals surface area contributed by atoms with Crippen LogP contribution in [-0.2, 0) is 0 Å². The lowest BCUT2D eigenvalue weighted by atomic mass is 10.1. The average Bonchev–Trinajstić information content (AvgIpc) is 2.64. The third-order valence-corrected chi connectivity index (χ3v) is 4.34. The first-order chi connectivity index (χ1) is 7.99. The Hall–Kier alpha value is -0.430. The molecule has 2 aromatic rings. The molecule has 0 aliphatic rings. The third-order valence-electron chi connectivity index (χ3n) is 1.98. The molecule has 7 heteroatoms. The minimum atomic E-state index is -1.07. The first-order valence-electron chi connectivity index (χ1n) is 4.34. The minimum absolute atomic E-state index is 0.00174. The molecule has 0 atom stereocenters. The highest BCUT2D eigenvalue weighted by atomic mass is 79.9. The number of halogens is 3. The van der Waals surface area contributed by atoms with Crippen LogP contribution in [-0.4, -0.2) is 16.1 Å². The largest absolute Gasteiger partial charge is 0.476 e. The van der Waals surface area contributed by atoms with Gasteiger partial charge in [-0.15, -0.1) is 11.3 Å². The van der Waals surface area contributed by atoms with Crippen LogP contribution in [0.3, 0.4) is 0 Å². The SMILES string of the molecule is O=C(O)c1nc(Br)sc1-c1cc(Br)ccc1Cl. The van der Waals surface area contributed by atoms with Crippen LogP contribution in [0, 0.1) is 0 Å². The molecule has 1 aromatic heterocycles. The van der Waals surface area contributed by atoms with Gasteiger partial charge in [-0.25, -0.2) is 9.78 Å². The van der Waals surface area contributed by atoms with E-state index in [1.165, 1.54) is 11.3 Å². The quantitative estimate of drug-likeness (QED) is 0.800. The van der Waals surface area contributed by atoms with E-state index in [-0.39, 0.29) is 5.69 Å². The average molecular weight is 397 g/mol. The number of rotatable bonds is 2. The van der Waals surface area contributed by atoms with Crippen molar-refractivity contribution in [2.45, 2.75) is 0 Å². The Morgan fingerprint density at radius 1 is 1.41 bits per heavy atom. The van der Waals surface area contributed by atoms with Gasteiger partial charge in [0.05, 0.1) is 4.88 Å². The topological polar surface area (TPSA) is 50.2 Å². The molecule has 0 saturated heterocycles. The number of aromatic carboxylic acids is 1. The van der Waals surface area contributed by atoms with Gasteiger partial charge in [0.15, 0.2) is 9.61 Å². The van der Waals surface area contributed by atoms with Gasteiger partial charge < -0.3 is 5.11 Å². The van der Waals surface area contributed by atoms with Gasteiger partial charge in [-0.1, -0.05) is 27.5 Å². The van der Waals surface area contributed by atoms with E-state index in [2.05, 4.69) is 36.8 Å². The maximum absolute atomic E-state index is 11.1. The summed E-state index contributed by atoms with van der Waals surface area (Å²) >= 11 is 13.8. The molecule has 17 heavy (non-hydrogen) atoms. The fourth-order valence-electron chi connectivity index (χ4n) is 1.29. The highest BCUT2D eigenvalue weighted by molar-refractivity contribution is 9.11. The summed E-state index contributed by atoms with van der Waals surface area (Å²) in [5.74, 6) is -1.07. The van der Waals surface area contributed by atoms with Gasteiger partial charge in [-0.2, -0.15) is 0 Å². The van der Waals surface area contributed by atoms with E-state index in [4.69, 9.17) is 16.7 Å². The second-order valence-corrected chi connectivity index (χ2v) is 6.67. The number of carboxylic acid groups (broad SMARTS) is 1. The van der Waals surface area contributed by atoms with Crippen molar-refractivity contribution in [3.8, 4) is 10.4 Å². The van der Waals surface area contributed by atoms with Crippen molar-refractivity contribution >= 4 is 60.8 Å². The Morgan fingerprint density at radius 3 is 2.76 bits per heavy atom. The van der Waals surface area contributed by atoms with Crippen LogP contribution in [0.5, 0.6) is 0 Å². The van der Waals surface area contributed by atoms with E-state index in [9.17, 15) is 4.79 Å². The molecule has 0 fully saturated rings.